The maximum atomic E-state index is 11.3. The van der Waals surface area contributed by atoms with Crippen LogP contribution in [0.4, 0.5) is 0 Å². The summed E-state index contributed by atoms with van der Waals surface area (Å²) in [6, 6.07) is 9.16. The molecule has 0 aromatic heterocycles. The number of benzene rings is 1. The number of hydrogen-bond acceptors (Lipinski definition) is 4. The van der Waals surface area contributed by atoms with Crippen LogP contribution >= 0.6 is 12.2 Å². The monoisotopic (exact) mass is 239 g/mol. The maximum Gasteiger partial charge on any atom is 0.253 e. The Hall–Kier alpha value is -2.02. The van der Waals surface area contributed by atoms with Crippen molar-refractivity contribution in [2.75, 3.05) is 0 Å². The van der Waals surface area contributed by atoms with Gasteiger partial charge in [-0.15, -0.1) is 4.91 Å². The van der Waals surface area contributed by atoms with Gasteiger partial charge in [-0.1, -0.05) is 30.3 Å². The third-order valence-electron chi connectivity index (χ3n) is 1.91. The summed E-state index contributed by atoms with van der Waals surface area (Å²) in [4.78, 5) is 19.4. The average molecular weight is 239 g/mol. The summed E-state index contributed by atoms with van der Waals surface area (Å²) in [6.45, 7) is 0. The molecule has 1 amide bonds. The minimum absolute atomic E-state index is 0.0869. The van der Waals surface area contributed by atoms with Crippen LogP contribution in [0.1, 0.15) is 11.6 Å². The summed E-state index contributed by atoms with van der Waals surface area (Å²) in [5, 5.41) is 13.7. The summed E-state index contributed by atoms with van der Waals surface area (Å²) in [5.41, 5.74) is 0.930. The number of rotatable bonds is 1. The van der Waals surface area contributed by atoms with Crippen LogP contribution < -0.4 is 10.6 Å². The van der Waals surface area contributed by atoms with E-state index in [-0.39, 0.29) is 11.9 Å². The van der Waals surface area contributed by atoms with Gasteiger partial charge in [-0.2, -0.15) is 0 Å². The van der Waals surface area contributed by atoms with Gasteiger partial charge in [0.1, 0.15) is 6.04 Å². The van der Waals surface area contributed by atoms with E-state index < -0.39 is 0 Å². The van der Waals surface area contributed by atoms with Gasteiger partial charge in [-0.25, -0.2) is 0 Å². The molecule has 3 N–H and O–H groups in total. The largest absolute Gasteiger partial charge is 0.379 e. The lowest BCUT2D eigenvalue weighted by atomic mass is 10.1. The average Bonchev–Trinajstić information content (AvgIpc) is 2.60. The second-order valence-electron chi connectivity index (χ2n) is 2.89. The van der Waals surface area contributed by atoms with Gasteiger partial charge in [0.05, 0.1) is 0 Å². The molecule has 0 saturated carbocycles. The smallest absolute Gasteiger partial charge is 0.253 e. The second kappa shape index (κ2) is 5.76. The van der Waals surface area contributed by atoms with Crippen molar-refractivity contribution in [2.24, 2.45) is 5.34 Å². The highest BCUT2D eigenvalue weighted by Gasteiger charge is 2.27. The standard InChI is InChI=1S/C9H8N2OS.HNO2/c12-8-7(10-9(13)11-8)6-4-2-1-3-5-6;2-1-3/h1-5,7H,(H2,10,11,12,13);(H,2,3). The molecule has 6 nitrogen and oxygen atoms in total. The van der Waals surface area contributed by atoms with E-state index in [2.05, 4.69) is 10.6 Å². The van der Waals surface area contributed by atoms with E-state index in [0.717, 1.165) is 5.56 Å². The van der Waals surface area contributed by atoms with E-state index >= 15 is 0 Å². The first kappa shape index (κ1) is 12.1. The van der Waals surface area contributed by atoms with Crippen LogP contribution in [-0.4, -0.2) is 16.2 Å². The van der Waals surface area contributed by atoms with Crippen LogP contribution in [0.15, 0.2) is 35.7 Å². The van der Waals surface area contributed by atoms with Crippen molar-refractivity contribution in [1.82, 2.24) is 10.6 Å². The molecule has 1 aromatic rings. The minimum Gasteiger partial charge on any atom is -0.379 e. The Kier molecular flexibility index (Phi) is 4.34. The zero-order chi connectivity index (χ0) is 12.0. The number of thiocarbonyl (C=S) groups is 1. The molecule has 1 aliphatic heterocycles. The Labute approximate surface area is 96.6 Å². The fraction of sp³-hybridized carbons (Fsp3) is 0.111. The predicted molar refractivity (Wildman–Crippen MR) is 60.6 cm³/mol. The zero-order valence-corrected chi connectivity index (χ0v) is 8.90. The molecule has 2 rings (SSSR count). The number of amides is 1. The van der Waals surface area contributed by atoms with E-state index in [0.29, 0.717) is 5.11 Å². The molecule has 1 aromatic carbocycles. The van der Waals surface area contributed by atoms with Crippen molar-refractivity contribution in [3.63, 3.8) is 0 Å². The Morgan fingerprint density at radius 3 is 2.31 bits per heavy atom. The number of hydrogen-bond donors (Lipinski definition) is 3. The molecule has 0 radical (unpaired) electrons. The lowest BCUT2D eigenvalue weighted by molar-refractivity contribution is -0.120. The highest BCUT2D eigenvalue weighted by atomic mass is 32.1. The fourth-order valence-electron chi connectivity index (χ4n) is 1.30. The normalized spacial score (nSPS) is 17.9. The van der Waals surface area contributed by atoms with Crippen molar-refractivity contribution >= 4 is 23.2 Å². The summed E-state index contributed by atoms with van der Waals surface area (Å²) in [6.07, 6.45) is 0. The molecule has 0 aliphatic carbocycles. The van der Waals surface area contributed by atoms with Crippen LogP contribution in [0, 0.1) is 4.91 Å². The Morgan fingerprint density at radius 1 is 1.31 bits per heavy atom. The Morgan fingerprint density at radius 2 is 1.88 bits per heavy atom. The quantitative estimate of drug-likeness (QED) is 0.384. The van der Waals surface area contributed by atoms with Gasteiger partial charge in [0, 0.05) is 0 Å². The van der Waals surface area contributed by atoms with E-state index in [9.17, 15) is 4.79 Å². The highest BCUT2D eigenvalue weighted by Crippen LogP contribution is 2.15. The summed E-state index contributed by atoms with van der Waals surface area (Å²) < 4.78 is 0. The maximum absolute atomic E-state index is 11.3. The molecule has 1 atom stereocenters. The van der Waals surface area contributed by atoms with E-state index in [1.165, 1.54) is 5.34 Å². The van der Waals surface area contributed by atoms with Gasteiger partial charge in [0.25, 0.3) is 5.91 Å². The molecule has 84 valence electrons. The Bertz CT molecular complexity index is 396. The van der Waals surface area contributed by atoms with Crippen molar-refractivity contribution in [2.45, 2.75) is 6.04 Å². The summed E-state index contributed by atoms with van der Waals surface area (Å²) >= 11 is 4.83. The third-order valence-corrected chi connectivity index (χ3v) is 2.13. The van der Waals surface area contributed by atoms with Gasteiger partial charge in [-0.05, 0) is 17.8 Å². The lowest BCUT2D eigenvalue weighted by Crippen LogP contribution is -2.21. The summed E-state index contributed by atoms with van der Waals surface area (Å²) in [5.74, 6) is -0.0869. The lowest BCUT2D eigenvalue weighted by Gasteiger charge is -2.06. The first-order valence-corrected chi connectivity index (χ1v) is 4.73. The summed E-state index contributed by atoms with van der Waals surface area (Å²) in [7, 11) is 0. The topological polar surface area (TPSA) is 90.8 Å². The predicted octanol–water partition coefficient (Wildman–Crippen LogP) is 0.874. The highest BCUT2D eigenvalue weighted by molar-refractivity contribution is 7.80. The van der Waals surface area contributed by atoms with Crippen molar-refractivity contribution < 1.29 is 10.0 Å². The molecule has 1 heterocycles. The minimum atomic E-state index is -0.325. The molecular weight excluding hydrogens is 230 g/mol. The second-order valence-corrected chi connectivity index (χ2v) is 3.30. The molecule has 1 unspecified atom stereocenters. The van der Waals surface area contributed by atoms with Crippen LogP contribution in [-0.2, 0) is 4.79 Å². The van der Waals surface area contributed by atoms with Gasteiger partial charge < -0.3 is 15.8 Å². The van der Waals surface area contributed by atoms with Gasteiger partial charge in [-0.3, -0.25) is 4.79 Å². The number of carbonyl (C=O) groups excluding carboxylic acids is 1. The number of carbonyl (C=O) groups is 1. The zero-order valence-electron chi connectivity index (χ0n) is 8.08. The molecule has 0 spiro atoms. The number of nitrogens with zero attached hydrogens (tertiary/aromatic N) is 1. The first-order valence-electron chi connectivity index (χ1n) is 4.32. The van der Waals surface area contributed by atoms with Crippen molar-refractivity contribution in [1.29, 1.82) is 0 Å². The molecule has 1 saturated heterocycles. The third kappa shape index (κ3) is 2.99. The SMILES string of the molecule is O=C1NC(=S)NC1c1ccccc1.O=NO. The van der Waals surface area contributed by atoms with Crippen LogP contribution in [0.3, 0.4) is 0 Å². The van der Waals surface area contributed by atoms with Gasteiger partial charge in [0.15, 0.2) is 10.5 Å². The van der Waals surface area contributed by atoms with E-state index in [4.69, 9.17) is 22.3 Å². The molecule has 1 fully saturated rings. The molecule has 7 heteroatoms. The van der Waals surface area contributed by atoms with E-state index in [1.54, 1.807) is 0 Å². The fourth-order valence-corrected chi connectivity index (χ4v) is 1.52. The molecule has 1 aliphatic rings. The van der Waals surface area contributed by atoms with Crippen molar-refractivity contribution in [3.05, 3.63) is 40.8 Å². The van der Waals surface area contributed by atoms with Crippen LogP contribution in [0.5, 0.6) is 0 Å². The van der Waals surface area contributed by atoms with Crippen LogP contribution in [0.25, 0.3) is 0 Å². The van der Waals surface area contributed by atoms with Gasteiger partial charge >= 0.3 is 0 Å². The molecular formula is C9H9N3O3S. The van der Waals surface area contributed by atoms with Crippen molar-refractivity contribution in [3.8, 4) is 0 Å². The first-order chi connectivity index (χ1) is 7.69. The molecule has 16 heavy (non-hydrogen) atoms. The van der Waals surface area contributed by atoms with Crippen LogP contribution in [0.2, 0.25) is 0 Å². The Balaban J connectivity index is 0.000000386. The van der Waals surface area contributed by atoms with E-state index in [1.807, 2.05) is 30.3 Å². The van der Waals surface area contributed by atoms with Gasteiger partial charge in [0.2, 0.25) is 0 Å². The number of nitrogens with one attached hydrogen (secondary N) is 2. The molecule has 0 bridgehead atoms.